The third-order valence-corrected chi connectivity index (χ3v) is 5.35. The van der Waals surface area contributed by atoms with E-state index in [1.54, 1.807) is 26.4 Å². The summed E-state index contributed by atoms with van der Waals surface area (Å²) >= 11 is 0. The van der Waals surface area contributed by atoms with E-state index in [9.17, 15) is 19.7 Å². The van der Waals surface area contributed by atoms with Gasteiger partial charge in [0.05, 0.1) is 19.1 Å². The Morgan fingerprint density at radius 3 is 1.71 bits per heavy atom. The maximum absolute atomic E-state index is 12.5. The smallest absolute Gasteiger partial charge is 0.292 e. The molecule has 9 heteroatoms. The summed E-state index contributed by atoms with van der Waals surface area (Å²) in [5.41, 5.74) is 2.06. The second-order valence-corrected chi connectivity index (χ2v) is 7.78. The van der Waals surface area contributed by atoms with Gasteiger partial charge in [0.15, 0.2) is 0 Å². The van der Waals surface area contributed by atoms with Gasteiger partial charge in [0.1, 0.15) is 17.2 Å². The van der Waals surface area contributed by atoms with E-state index in [-0.39, 0.29) is 36.0 Å². The van der Waals surface area contributed by atoms with E-state index < -0.39 is 4.92 Å². The van der Waals surface area contributed by atoms with Crippen LogP contribution < -0.4 is 20.1 Å². The first-order valence-corrected chi connectivity index (χ1v) is 11.0. The monoisotopic (exact) mass is 477 g/mol. The number of nitrogens with zero attached hydrogens (tertiary/aromatic N) is 1. The molecule has 182 valence electrons. The average Bonchev–Trinajstić information content (AvgIpc) is 2.87. The summed E-state index contributed by atoms with van der Waals surface area (Å²) in [6.45, 7) is 0. The van der Waals surface area contributed by atoms with Gasteiger partial charge in [-0.2, -0.15) is 0 Å². The van der Waals surface area contributed by atoms with Crippen molar-refractivity contribution in [1.29, 1.82) is 0 Å². The maximum Gasteiger partial charge on any atom is 0.292 e. The number of carbonyl (C=O) groups excluding carboxylic acids is 2. The molecule has 0 saturated carbocycles. The maximum atomic E-state index is 12.5. The molecule has 0 aliphatic rings. The van der Waals surface area contributed by atoms with Crippen LogP contribution in [0.5, 0.6) is 11.5 Å². The summed E-state index contributed by atoms with van der Waals surface area (Å²) in [6, 6.07) is 18.9. The molecule has 0 bridgehead atoms. The molecule has 0 aliphatic carbocycles. The van der Waals surface area contributed by atoms with Gasteiger partial charge in [-0.3, -0.25) is 19.7 Å². The predicted octanol–water partition coefficient (Wildman–Crippen LogP) is 4.75. The number of carbonyl (C=O) groups is 2. The largest absolute Gasteiger partial charge is 0.497 e. The Bertz CT molecular complexity index is 1180. The average molecular weight is 478 g/mol. The van der Waals surface area contributed by atoms with Crippen LogP contribution in [0.2, 0.25) is 0 Å². The number of amides is 2. The van der Waals surface area contributed by atoms with E-state index >= 15 is 0 Å². The van der Waals surface area contributed by atoms with Crippen molar-refractivity contribution >= 4 is 28.9 Å². The molecule has 0 atom stereocenters. The molecular weight excluding hydrogens is 450 g/mol. The van der Waals surface area contributed by atoms with Crippen LogP contribution in [0, 0.1) is 10.1 Å². The predicted molar refractivity (Wildman–Crippen MR) is 133 cm³/mol. The molecule has 0 radical (unpaired) electrons. The fourth-order valence-corrected chi connectivity index (χ4v) is 3.41. The van der Waals surface area contributed by atoms with Gasteiger partial charge >= 0.3 is 0 Å². The van der Waals surface area contributed by atoms with E-state index in [4.69, 9.17) is 9.47 Å². The zero-order valence-corrected chi connectivity index (χ0v) is 19.6. The zero-order chi connectivity index (χ0) is 25.2. The SMILES string of the molecule is COc1ccc(CCC(=O)Nc2ccc([N+](=O)[O-])c(NC(=O)CCc3ccc(OC)cc3)c2)cc1. The third kappa shape index (κ3) is 7.56. The molecule has 3 aromatic carbocycles. The van der Waals surface area contributed by atoms with Crippen LogP contribution in [0.3, 0.4) is 0 Å². The summed E-state index contributed by atoms with van der Waals surface area (Å²) in [5.74, 6) is 0.845. The van der Waals surface area contributed by atoms with E-state index in [0.29, 0.717) is 18.5 Å². The number of methoxy groups -OCH3 is 2. The lowest BCUT2D eigenvalue weighted by molar-refractivity contribution is -0.383. The minimum atomic E-state index is -0.575. The first-order valence-electron chi connectivity index (χ1n) is 11.0. The molecule has 35 heavy (non-hydrogen) atoms. The summed E-state index contributed by atoms with van der Waals surface area (Å²) in [7, 11) is 3.16. The molecule has 3 rings (SSSR count). The summed E-state index contributed by atoms with van der Waals surface area (Å²) < 4.78 is 10.2. The minimum absolute atomic E-state index is 0.0303. The number of nitro groups is 1. The number of benzene rings is 3. The normalized spacial score (nSPS) is 10.3. The molecule has 2 amide bonds. The van der Waals surface area contributed by atoms with E-state index in [1.165, 1.54) is 18.2 Å². The van der Waals surface area contributed by atoms with Crippen molar-refractivity contribution in [2.24, 2.45) is 0 Å². The van der Waals surface area contributed by atoms with E-state index in [1.807, 2.05) is 36.4 Å². The number of aryl methyl sites for hydroxylation is 2. The highest BCUT2D eigenvalue weighted by Crippen LogP contribution is 2.28. The molecule has 0 fully saturated rings. The highest BCUT2D eigenvalue weighted by atomic mass is 16.6. The Hall–Kier alpha value is -4.40. The molecule has 0 saturated heterocycles. The number of nitro benzene ring substituents is 1. The zero-order valence-electron chi connectivity index (χ0n) is 19.6. The highest BCUT2D eigenvalue weighted by Gasteiger charge is 2.17. The van der Waals surface area contributed by atoms with Gasteiger partial charge in [0.2, 0.25) is 11.8 Å². The molecule has 9 nitrogen and oxygen atoms in total. The van der Waals surface area contributed by atoms with Gasteiger partial charge in [0.25, 0.3) is 5.69 Å². The van der Waals surface area contributed by atoms with Gasteiger partial charge in [-0.1, -0.05) is 24.3 Å². The molecule has 0 aliphatic heterocycles. The van der Waals surface area contributed by atoms with Gasteiger partial charge in [-0.05, 0) is 60.4 Å². The number of hydrogen-bond acceptors (Lipinski definition) is 6. The van der Waals surface area contributed by atoms with Crippen molar-refractivity contribution in [1.82, 2.24) is 0 Å². The number of ether oxygens (including phenoxy) is 2. The van der Waals surface area contributed by atoms with Crippen LogP contribution in [-0.4, -0.2) is 31.0 Å². The second kappa shape index (κ2) is 12.2. The summed E-state index contributed by atoms with van der Waals surface area (Å²) in [5, 5.41) is 16.8. The number of hydrogen-bond donors (Lipinski definition) is 2. The van der Waals surface area contributed by atoms with Crippen molar-refractivity contribution in [2.75, 3.05) is 24.9 Å². The molecule has 0 aromatic heterocycles. The number of nitrogens with one attached hydrogen (secondary N) is 2. The van der Waals surface area contributed by atoms with Crippen molar-refractivity contribution < 1.29 is 24.0 Å². The summed E-state index contributed by atoms with van der Waals surface area (Å²) in [6.07, 6.45) is 1.36. The summed E-state index contributed by atoms with van der Waals surface area (Å²) in [4.78, 5) is 35.7. The Morgan fingerprint density at radius 1 is 0.771 bits per heavy atom. The van der Waals surface area contributed by atoms with Crippen molar-refractivity contribution in [3.63, 3.8) is 0 Å². The second-order valence-electron chi connectivity index (χ2n) is 7.78. The lowest BCUT2D eigenvalue weighted by atomic mass is 10.1. The van der Waals surface area contributed by atoms with Gasteiger partial charge in [-0.25, -0.2) is 0 Å². The molecule has 3 aromatic rings. The molecular formula is C26H27N3O6. The number of anilines is 2. The van der Waals surface area contributed by atoms with Crippen LogP contribution in [-0.2, 0) is 22.4 Å². The quantitative estimate of drug-likeness (QED) is 0.304. The van der Waals surface area contributed by atoms with Crippen molar-refractivity contribution in [2.45, 2.75) is 25.7 Å². The molecule has 0 heterocycles. The van der Waals surface area contributed by atoms with Crippen LogP contribution in [0.25, 0.3) is 0 Å². The Labute approximate surface area is 203 Å². The standard InChI is InChI=1S/C26H27N3O6/c1-34-21-10-3-18(4-11-21)7-15-25(30)27-20-9-14-24(29(32)33)23(17-20)28-26(31)16-8-19-5-12-22(35-2)13-6-19/h3-6,9-14,17H,7-8,15-16H2,1-2H3,(H,27,30)(H,28,31). The molecule has 0 unspecified atom stereocenters. The first kappa shape index (κ1) is 25.2. The Kier molecular flexibility index (Phi) is 8.77. The van der Waals surface area contributed by atoms with Crippen molar-refractivity contribution in [3.05, 3.63) is 88.0 Å². The van der Waals surface area contributed by atoms with Crippen LogP contribution in [0.1, 0.15) is 24.0 Å². The van der Waals surface area contributed by atoms with Crippen LogP contribution >= 0.6 is 0 Å². The van der Waals surface area contributed by atoms with E-state index in [2.05, 4.69) is 10.6 Å². The van der Waals surface area contributed by atoms with E-state index in [0.717, 1.165) is 22.6 Å². The lowest BCUT2D eigenvalue weighted by Gasteiger charge is -2.10. The van der Waals surface area contributed by atoms with Crippen LogP contribution in [0.4, 0.5) is 17.1 Å². The Morgan fingerprint density at radius 2 is 1.26 bits per heavy atom. The third-order valence-electron chi connectivity index (χ3n) is 5.35. The fourth-order valence-electron chi connectivity index (χ4n) is 3.41. The van der Waals surface area contributed by atoms with Crippen LogP contribution in [0.15, 0.2) is 66.7 Å². The fraction of sp³-hybridized carbons (Fsp3) is 0.231. The Balaban J connectivity index is 1.59. The topological polar surface area (TPSA) is 120 Å². The molecule has 2 N–H and O–H groups in total. The first-order chi connectivity index (χ1) is 16.9. The van der Waals surface area contributed by atoms with Crippen molar-refractivity contribution in [3.8, 4) is 11.5 Å². The number of rotatable bonds is 11. The van der Waals surface area contributed by atoms with Gasteiger partial charge in [-0.15, -0.1) is 0 Å². The molecule has 0 spiro atoms. The van der Waals surface area contributed by atoms with Gasteiger partial charge < -0.3 is 20.1 Å². The highest BCUT2D eigenvalue weighted by molar-refractivity contribution is 5.96. The lowest BCUT2D eigenvalue weighted by Crippen LogP contribution is -2.15. The van der Waals surface area contributed by atoms with Gasteiger partial charge in [0, 0.05) is 24.6 Å². The minimum Gasteiger partial charge on any atom is -0.497 e.